The Hall–Kier alpha value is -1.75. The van der Waals surface area contributed by atoms with Crippen molar-refractivity contribution in [3.63, 3.8) is 0 Å². The van der Waals surface area contributed by atoms with E-state index < -0.39 is 0 Å². The van der Waals surface area contributed by atoms with Gasteiger partial charge in [0.05, 0.1) is 0 Å². The number of thioether (sulfide) groups is 1. The molecule has 1 amide bonds. The molecule has 0 spiro atoms. The van der Waals surface area contributed by atoms with Crippen LogP contribution in [0.4, 0.5) is 4.79 Å². The van der Waals surface area contributed by atoms with Crippen molar-refractivity contribution in [2.45, 2.75) is 4.90 Å². The smallest absolute Gasteiger partial charge is 0.326 e. The summed E-state index contributed by atoms with van der Waals surface area (Å²) in [7, 11) is 0. The molecule has 0 bridgehead atoms. The van der Waals surface area contributed by atoms with Crippen LogP contribution in [-0.4, -0.2) is 27.9 Å². The summed E-state index contributed by atoms with van der Waals surface area (Å²) in [4.78, 5) is 16.5. The number of imidazole rings is 1. The molecule has 0 aliphatic carbocycles. The summed E-state index contributed by atoms with van der Waals surface area (Å²) in [6, 6.07) is 9.98. The Morgan fingerprint density at radius 1 is 1.35 bits per heavy atom. The fraction of sp³-hybridized carbons (Fsp3) is 0.167. The molecule has 1 N–H and O–H groups in total. The second-order valence-corrected chi connectivity index (χ2v) is 4.53. The Morgan fingerprint density at radius 2 is 2.18 bits per heavy atom. The van der Waals surface area contributed by atoms with Crippen LogP contribution in [0.2, 0.25) is 0 Å². The average Bonchev–Trinajstić information content (AvgIpc) is 2.89. The van der Waals surface area contributed by atoms with Crippen LogP contribution in [0.1, 0.15) is 0 Å². The number of hydrogen-bond donors (Lipinski definition) is 1. The summed E-state index contributed by atoms with van der Waals surface area (Å²) in [5.41, 5.74) is 0. The number of hydrogen-bond acceptors (Lipinski definition) is 3. The van der Waals surface area contributed by atoms with Crippen molar-refractivity contribution in [2.24, 2.45) is 0 Å². The van der Waals surface area contributed by atoms with Crippen molar-refractivity contribution in [3.8, 4) is 0 Å². The number of amides is 1. The van der Waals surface area contributed by atoms with Gasteiger partial charge in [-0.05, 0) is 12.1 Å². The molecular formula is C12H13N3OS. The molecule has 88 valence electrons. The van der Waals surface area contributed by atoms with Crippen LogP contribution in [0, 0.1) is 0 Å². The molecule has 0 saturated carbocycles. The van der Waals surface area contributed by atoms with Crippen LogP contribution >= 0.6 is 11.8 Å². The molecule has 1 heterocycles. The molecule has 17 heavy (non-hydrogen) atoms. The van der Waals surface area contributed by atoms with Gasteiger partial charge < -0.3 is 5.32 Å². The van der Waals surface area contributed by atoms with Gasteiger partial charge in [-0.25, -0.2) is 9.78 Å². The van der Waals surface area contributed by atoms with Gasteiger partial charge in [-0.3, -0.25) is 4.57 Å². The molecule has 2 aromatic rings. The number of nitrogens with one attached hydrogen (secondary N) is 1. The van der Waals surface area contributed by atoms with E-state index in [0.29, 0.717) is 6.54 Å². The molecule has 5 heteroatoms. The van der Waals surface area contributed by atoms with E-state index in [0.717, 1.165) is 5.75 Å². The zero-order valence-electron chi connectivity index (χ0n) is 9.24. The highest BCUT2D eigenvalue weighted by atomic mass is 32.2. The average molecular weight is 247 g/mol. The first-order valence-corrected chi connectivity index (χ1v) is 6.29. The van der Waals surface area contributed by atoms with Crippen LogP contribution in [-0.2, 0) is 0 Å². The van der Waals surface area contributed by atoms with Crippen LogP contribution in [0.25, 0.3) is 0 Å². The van der Waals surface area contributed by atoms with Crippen molar-refractivity contribution in [1.29, 1.82) is 0 Å². The fourth-order valence-electron chi connectivity index (χ4n) is 1.31. The molecule has 0 saturated heterocycles. The molecule has 4 nitrogen and oxygen atoms in total. The predicted octanol–water partition coefficient (Wildman–Crippen LogP) is 2.23. The summed E-state index contributed by atoms with van der Waals surface area (Å²) in [5, 5.41) is 2.82. The van der Waals surface area contributed by atoms with E-state index in [4.69, 9.17) is 0 Å². The number of nitrogens with zero attached hydrogens (tertiary/aromatic N) is 2. The quantitative estimate of drug-likeness (QED) is 0.665. The van der Waals surface area contributed by atoms with Gasteiger partial charge in [-0.2, -0.15) is 0 Å². The van der Waals surface area contributed by atoms with Crippen LogP contribution in [0.15, 0.2) is 53.9 Å². The van der Waals surface area contributed by atoms with Gasteiger partial charge in [0.25, 0.3) is 0 Å². The Kier molecular flexibility index (Phi) is 4.21. The van der Waals surface area contributed by atoms with Crippen LogP contribution < -0.4 is 5.32 Å². The molecule has 1 aromatic carbocycles. The van der Waals surface area contributed by atoms with E-state index in [9.17, 15) is 4.79 Å². The lowest BCUT2D eigenvalue weighted by molar-refractivity contribution is 0.243. The predicted molar refractivity (Wildman–Crippen MR) is 68.2 cm³/mol. The van der Waals surface area contributed by atoms with Crippen molar-refractivity contribution < 1.29 is 4.79 Å². The summed E-state index contributed by atoms with van der Waals surface area (Å²) < 4.78 is 1.42. The van der Waals surface area contributed by atoms with E-state index in [2.05, 4.69) is 22.4 Å². The van der Waals surface area contributed by atoms with Gasteiger partial charge in [0.15, 0.2) is 0 Å². The Morgan fingerprint density at radius 3 is 2.88 bits per heavy atom. The standard InChI is InChI=1S/C12H13N3OS/c16-12(15-8-6-13-10-15)14-7-9-17-11-4-2-1-3-5-11/h1-6,8,10H,7,9H2,(H,14,16). The zero-order valence-corrected chi connectivity index (χ0v) is 10.1. The Labute approximate surface area is 104 Å². The van der Waals surface area contributed by atoms with Gasteiger partial charge in [0.2, 0.25) is 0 Å². The molecular weight excluding hydrogens is 234 g/mol. The van der Waals surface area contributed by atoms with Gasteiger partial charge in [0, 0.05) is 29.6 Å². The maximum Gasteiger partial charge on any atom is 0.326 e. The molecule has 0 fully saturated rings. The molecule has 0 unspecified atom stereocenters. The van der Waals surface area contributed by atoms with Crippen molar-refractivity contribution >= 4 is 17.8 Å². The van der Waals surface area contributed by atoms with Crippen molar-refractivity contribution in [2.75, 3.05) is 12.3 Å². The van der Waals surface area contributed by atoms with E-state index >= 15 is 0 Å². The fourth-order valence-corrected chi connectivity index (χ4v) is 2.10. The van der Waals surface area contributed by atoms with Crippen molar-refractivity contribution in [3.05, 3.63) is 49.1 Å². The third-order valence-corrected chi connectivity index (χ3v) is 3.14. The van der Waals surface area contributed by atoms with Gasteiger partial charge in [-0.1, -0.05) is 18.2 Å². The summed E-state index contributed by atoms with van der Waals surface area (Å²) in [6.07, 6.45) is 4.69. The normalized spacial score (nSPS) is 10.1. The number of aromatic nitrogens is 2. The zero-order chi connectivity index (χ0) is 11.9. The highest BCUT2D eigenvalue weighted by molar-refractivity contribution is 7.99. The third kappa shape index (κ3) is 3.64. The molecule has 2 rings (SSSR count). The molecule has 0 radical (unpaired) electrons. The highest BCUT2D eigenvalue weighted by Gasteiger charge is 2.01. The van der Waals surface area contributed by atoms with E-state index in [1.165, 1.54) is 15.8 Å². The summed E-state index contributed by atoms with van der Waals surface area (Å²) in [6.45, 7) is 0.635. The molecule has 0 atom stereocenters. The van der Waals surface area contributed by atoms with Gasteiger partial charge >= 0.3 is 6.03 Å². The van der Waals surface area contributed by atoms with Crippen LogP contribution in [0.5, 0.6) is 0 Å². The monoisotopic (exact) mass is 247 g/mol. The molecule has 0 aliphatic rings. The SMILES string of the molecule is O=C(NCCSc1ccccc1)n1ccnc1. The van der Waals surface area contributed by atoms with E-state index in [1.807, 2.05) is 18.2 Å². The van der Waals surface area contributed by atoms with E-state index in [1.54, 1.807) is 24.2 Å². The Balaban J connectivity index is 1.69. The van der Waals surface area contributed by atoms with Gasteiger partial charge in [0.1, 0.15) is 6.33 Å². The number of carbonyl (C=O) groups excluding carboxylic acids is 1. The second kappa shape index (κ2) is 6.10. The first kappa shape index (κ1) is 11.7. The minimum absolute atomic E-state index is 0.142. The topological polar surface area (TPSA) is 46.9 Å². The maximum absolute atomic E-state index is 11.5. The van der Waals surface area contributed by atoms with Crippen LogP contribution in [0.3, 0.4) is 0 Å². The summed E-state index contributed by atoms with van der Waals surface area (Å²) in [5.74, 6) is 0.852. The lowest BCUT2D eigenvalue weighted by Crippen LogP contribution is -2.29. The molecule has 0 aliphatic heterocycles. The highest BCUT2D eigenvalue weighted by Crippen LogP contribution is 2.15. The number of carbonyl (C=O) groups is 1. The number of rotatable bonds is 4. The maximum atomic E-state index is 11.5. The first-order chi connectivity index (χ1) is 8.36. The van der Waals surface area contributed by atoms with Gasteiger partial charge in [-0.15, -0.1) is 11.8 Å². The minimum Gasteiger partial charge on any atom is -0.337 e. The minimum atomic E-state index is -0.142. The second-order valence-electron chi connectivity index (χ2n) is 3.36. The Bertz CT molecular complexity index is 456. The van der Waals surface area contributed by atoms with E-state index in [-0.39, 0.29) is 6.03 Å². The molecule has 1 aromatic heterocycles. The van der Waals surface area contributed by atoms with Crippen molar-refractivity contribution in [1.82, 2.24) is 14.9 Å². The lowest BCUT2D eigenvalue weighted by Gasteiger charge is -2.04. The lowest BCUT2D eigenvalue weighted by atomic mass is 10.4. The largest absolute Gasteiger partial charge is 0.337 e. The third-order valence-electron chi connectivity index (χ3n) is 2.13. The summed E-state index contributed by atoms with van der Waals surface area (Å²) >= 11 is 1.72. The number of benzene rings is 1. The first-order valence-electron chi connectivity index (χ1n) is 5.30.